The number of carbonyl (C=O) groups is 3. The molecule has 0 aromatic rings. The summed E-state index contributed by atoms with van der Waals surface area (Å²) in [4.78, 5) is 35.1. The van der Waals surface area contributed by atoms with E-state index in [9.17, 15) is 14.4 Å². The van der Waals surface area contributed by atoms with E-state index in [1.807, 2.05) is 0 Å². The van der Waals surface area contributed by atoms with Crippen molar-refractivity contribution in [1.29, 1.82) is 0 Å². The zero-order valence-corrected chi connectivity index (χ0v) is 16.5. The summed E-state index contributed by atoms with van der Waals surface area (Å²) in [5, 5.41) is 2.76. The second kappa shape index (κ2) is 14.2. The number of unbranched alkanes of at least 4 members (excludes halogenated alkanes) is 1. The summed E-state index contributed by atoms with van der Waals surface area (Å²) in [6.07, 6.45) is 2.77. The first-order valence-corrected chi connectivity index (χ1v) is 8.59. The summed E-state index contributed by atoms with van der Waals surface area (Å²) in [6.45, 7) is 21.3. The van der Waals surface area contributed by atoms with Gasteiger partial charge in [-0.2, -0.15) is 0 Å². The predicted octanol–water partition coefficient (Wildman–Crippen LogP) is 3.43. The summed E-state index contributed by atoms with van der Waals surface area (Å²) in [6, 6.07) is 0. The van der Waals surface area contributed by atoms with Gasteiger partial charge in [-0.05, 0) is 46.1 Å². The molecule has 0 aliphatic rings. The Kier molecular flexibility index (Phi) is 14.2. The Labute approximate surface area is 152 Å². The van der Waals surface area contributed by atoms with Gasteiger partial charge in [0.1, 0.15) is 0 Å². The molecule has 0 aromatic heterocycles. The number of hydrogen-bond acceptors (Lipinski definition) is 3. The number of Topliss-reactive ketones (excluding diaryl/α,β-unsaturated/α-hetero) is 1. The molecule has 0 saturated carbocycles. The van der Waals surface area contributed by atoms with E-state index in [-0.39, 0.29) is 17.6 Å². The predicted molar refractivity (Wildman–Crippen MR) is 104 cm³/mol. The first-order valence-electron chi connectivity index (χ1n) is 8.59. The molecule has 5 heteroatoms. The van der Waals surface area contributed by atoms with Crippen LogP contribution in [0.15, 0.2) is 36.5 Å². The first kappa shape index (κ1) is 25.1. The van der Waals surface area contributed by atoms with E-state index in [1.165, 1.54) is 6.92 Å². The van der Waals surface area contributed by atoms with Gasteiger partial charge in [0.2, 0.25) is 11.8 Å². The van der Waals surface area contributed by atoms with Crippen molar-refractivity contribution >= 4 is 17.6 Å². The number of rotatable bonds is 10. The van der Waals surface area contributed by atoms with Gasteiger partial charge in [0, 0.05) is 30.8 Å². The van der Waals surface area contributed by atoms with Crippen LogP contribution in [0.2, 0.25) is 0 Å². The Bertz CT molecular complexity index is 495. The van der Waals surface area contributed by atoms with Crippen LogP contribution in [-0.2, 0) is 14.4 Å². The lowest BCUT2D eigenvalue weighted by atomic mass is 10.2. The molecule has 0 heterocycles. The molecule has 0 aliphatic carbocycles. The molecule has 0 bridgehead atoms. The van der Waals surface area contributed by atoms with Crippen molar-refractivity contribution in [2.75, 3.05) is 19.6 Å². The Morgan fingerprint density at radius 3 is 1.68 bits per heavy atom. The van der Waals surface area contributed by atoms with Crippen molar-refractivity contribution in [1.82, 2.24) is 10.2 Å². The van der Waals surface area contributed by atoms with Gasteiger partial charge in [-0.1, -0.05) is 33.1 Å². The molecule has 5 nitrogen and oxygen atoms in total. The zero-order valence-electron chi connectivity index (χ0n) is 16.5. The topological polar surface area (TPSA) is 66.5 Å². The fourth-order valence-electron chi connectivity index (χ4n) is 1.56. The van der Waals surface area contributed by atoms with Gasteiger partial charge in [-0.25, -0.2) is 0 Å². The molecule has 0 aromatic carbocycles. The van der Waals surface area contributed by atoms with Gasteiger partial charge < -0.3 is 10.2 Å². The van der Waals surface area contributed by atoms with Crippen LogP contribution in [0.1, 0.15) is 53.9 Å². The van der Waals surface area contributed by atoms with Crippen LogP contribution >= 0.6 is 0 Å². The minimum Gasteiger partial charge on any atom is -0.352 e. The Morgan fingerprint density at radius 2 is 1.32 bits per heavy atom. The highest BCUT2D eigenvalue weighted by molar-refractivity contribution is 5.92. The number of amides is 2. The highest BCUT2D eigenvalue weighted by Gasteiger charge is 2.13. The molecule has 0 saturated heterocycles. The number of nitrogens with zero attached hydrogens (tertiary/aromatic N) is 1. The number of carbonyl (C=O) groups excluding carboxylic acids is 3. The van der Waals surface area contributed by atoms with Crippen LogP contribution in [-0.4, -0.2) is 42.1 Å². The molecule has 0 radical (unpaired) electrons. The Morgan fingerprint density at radius 1 is 0.840 bits per heavy atom. The molecule has 0 atom stereocenters. The maximum Gasteiger partial charge on any atom is 0.248 e. The van der Waals surface area contributed by atoms with Crippen LogP contribution in [0.25, 0.3) is 0 Å². The normalized spacial score (nSPS) is 9.32. The maximum absolute atomic E-state index is 11.9. The van der Waals surface area contributed by atoms with Crippen LogP contribution in [0, 0.1) is 0 Å². The molecule has 0 unspecified atom stereocenters. The van der Waals surface area contributed by atoms with Crippen LogP contribution in [0.5, 0.6) is 0 Å². The van der Waals surface area contributed by atoms with Gasteiger partial charge >= 0.3 is 0 Å². The van der Waals surface area contributed by atoms with E-state index in [0.29, 0.717) is 29.8 Å². The standard InChI is InChI=1S/C15H26N2O2.C5H8O/c1-6-7-10-17(15(19)13(4)5)11-8-9-16-14(18)12(2)3;1-4(2)5(3)6/h2,4,6-11H2,1,3,5H3,(H,16,18);1H2,2-3H3. The third-order valence-corrected chi connectivity index (χ3v) is 3.31. The summed E-state index contributed by atoms with van der Waals surface area (Å²) in [5.74, 6) is -0.0685. The molecular weight excluding hydrogens is 316 g/mol. The van der Waals surface area contributed by atoms with Crippen molar-refractivity contribution in [2.45, 2.75) is 53.9 Å². The highest BCUT2D eigenvalue weighted by Crippen LogP contribution is 2.03. The Balaban J connectivity index is 0. The van der Waals surface area contributed by atoms with Gasteiger partial charge in [0.05, 0.1) is 0 Å². The lowest BCUT2D eigenvalue weighted by Gasteiger charge is -2.22. The summed E-state index contributed by atoms with van der Waals surface area (Å²) in [5.41, 5.74) is 1.68. The number of hydrogen-bond donors (Lipinski definition) is 1. The molecule has 25 heavy (non-hydrogen) atoms. The number of ketones is 1. The van der Waals surface area contributed by atoms with Crippen molar-refractivity contribution in [3.63, 3.8) is 0 Å². The number of allylic oxidation sites excluding steroid dienone is 1. The smallest absolute Gasteiger partial charge is 0.248 e. The van der Waals surface area contributed by atoms with E-state index < -0.39 is 0 Å². The van der Waals surface area contributed by atoms with Crippen molar-refractivity contribution in [3.8, 4) is 0 Å². The number of nitrogens with one attached hydrogen (secondary N) is 1. The van der Waals surface area contributed by atoms with Crippen LogP contribution in [0.4, 0.5) is 0 Å². The molecule has 0 aliphatic heterocycles. The molecule has 0 fully saturated rings. The van der Waals surface area contributed by atoms with Crippen LogP contribution < -0.4 is 5.32 Å². The monoisotopic (exact) mass is 350 g/mol. The SMILES string of the molecule is C=C(C)C(=O)NCCCN(CCCC)C(=O)C(=C)C.C=C(C)C(C)=O. The van der Waals surface area contributed by atoms with E-state index >= 15 is 0 Å². The molecular formula is C20H34N2O3. The zero-order chi connectivity index (χ0) is 20.0. The molecule has 0 rings (SSSR count). The van der Waals surface area contributed by atoms with E-state index in [2.05, 4.69) is 32.0 Å². The second-order valence-electron chi connectivity index (χ2n) is 6.15. The lowest BCUT2D eigenvalue weighted by Crippen LogP contribution is -2.35. The third kappa shape index (κ3) is 13.9. The fraction of sp³-hybridized carbons (Fsp3) is 0.550. The lowest BCUT2D eigenvalue weighted by molar-refractivity contribution is -0.127. The van der Waals surface area contributed by atoms with Crippen LogP contribution in [0.3, 0.4) is 0 Å². The average Bonchev–Trinajstić information content (AvgIpc) is 2.53. The third-order valence-electron chi connectivity index (χ3n) is 3.31. The van der Waals surface area contributed by atoms with Gasteiger partial charge in [-0.3, -0.25) is 14.4 Å². The molecule has 2 amide bonds. The van der Waals surface area contributed by atoms with Crippen molar-refractivity contribution in [3.05, 3.63) is 36.5 Å². The quantitative estimate of drug-likeness (QED) is 0.485. The van der Waals surface area contributed by atoms with Gasteiger partial charge in [-0.15, -0.1) is 0 Å². The molecule has 1 N–H and O–H groups in total. The highest BCUT2D eigenvalue weighted by atomic mass is 16.2. The summed E-state index contributed by atoms with van der Waals surface area (Å²) < 4.78 is 0. The average molecular weight is 351 g/mol. The first-order chi connectivity index (χ1) is 11.5. The summed E-state index contributed by atoms with van der Waals surface area (Å²) >= 11 is 0. The van der Waals surface area contributed by atoms with Crippen molar-refractivity contribution < 1.29 is 14.4 Å². The van der Waals surface area contributed by atoms with E-state index in [4.69, 9.17) is 0 Å². The Hall–Kier alpha value is -2.17. The maximum atomic E-state index is 11.9. The second-order valence-corrected chi connectivity index (χ2v) is 6.15. The van der Waals surface area contributed by atoms with Crippen molar-refractivity contribution in [2.24, 2.45) is 0 Å². The van der Waals surface area contributed by atoms with E-state index in [1.54, 1.807) is 25.7 Å². The minimum atomic E-state index is -0.133. The summed E-state index contributed by atoms with van der Waals surface area (Å²) in [7, 11) is 0. The minimum absolute atomic E-state index is 0.000298. The van der Waals surface area contributed by atoms with Gasteiger partial charge in [0.15, 0.2) is 5.78 Å². The fourth-order valence-corrected chi connectivity index (χ4v) is 1.56. The van der Waals surface area contributed by atoms with Gasteiger partial charge in [0.25, 0.3) is 0 Å². The molecule has 0 spiro atoms. The van der Waals surface area contributed by atoms with E-state index in [0.717, 1.165) is 25.8 Å². The largest absolute Gasteiger partial charge is 0.352 e. The molecule has 142 valence electrons.